The Kier molecular flexibility index (Phi) is 7.30. The number of thiophene rings is 1. The summed E-state index contributed by atoms with van der Waals surface area (Å²) in [6, 6.07) is 6.88. The largest absolute Gasteiger partial charge is 0.390 e. The molecule has 2 rings (SSSR count). The van der Waals surface area contributed by atoms with Gasteiger partial charge in [-0.25, -0.2) is 0 Å². The smallest absolute Gasteiger partial charge is 0.318 e. The van der Waals surface area contributed by atoms with Gasteiger partial charge in [0, 0.05) is 36.1 Å². The quantitative estimate of drug-likeness (QED) is 0.447. The number of benzene rings is 1. The van der Waals surface area contributed by atoms with E-state index in [0.717, 1.165) is 11.3 Å². The molecular weight excluding hydrogens is 427 g/mol. The molecule has 1 aromatic heterocycles. The lowest BCUT2D eigenvalue weighted by molar-refractivity contribution is 0.450. The van der Waals surface area contributed by atoms with Gasteiger partial charge in [-0.1, -0.05) is 0 Å². The summed E-state index contributed by atoms with van der Waals surface area (Å²) in [5, 5.41) is 2.24. The van der Waals surface area contributed by atoms with Crippen LogP contribution in [0.2, 0.25) is 0 Å². The molecule has 2 N–H and O–H groups in total. The van der Waals surface area contributed by atoms with Crippen LogP contribution in [-0.4, -0.2) is 33.3 Å². The number of aryl methyl sites for hydroxylation is 1. The van der Waals surface area contributed by atoms with Crippen molar-refractivity contribution < 1.29 is 12.6 Å². The van der Waals surface area contributed by atoms with Crippen LogP contribution in [-0.2, 0) is 14.9 Å². The first-order valence-electron chi connectivity index (χ1n) is 8.39. The fraction of sp³-hybridized carbons (Fsp3) is 0.444. The van der Waals surface area contributed by atoms with E-state index in [2.05, 4.69) is 4.90 Å². The van der Waals surface area contributed by atoms with Crippen molar-refractivity contribution in [3.8, 4) is 5.75 Å². The van der Waals surface area contributed by atoms with E-state index in [0.29, 0.717) is 35.4 Å². The Hall–Kier alpha value is -1.15. The Morgan fingerprint density at radius 1 is 1.19 bits per heavy atom. The molecule has 0 aliphatic rings. The zero-order valence-electron chi connectivity index (χ0n) is 15.5. The van der Waals surface area contributed by atoms with Gasteiger partial charge in [0.2, 0.25) is 0 Å². The Morgan fingerprint density at radius 3 is 2.30 bits per heavy atom. The molecule has 0 spiro atoms. The fourth-order valence-electron chi connectivity index (χ4n) is 2.78. The molecule has 0 saturated carbocycles. The van der Waals surface area contributed by atoms with Gasteiger partial charge in [0.05, 0.1) is 5.00 Å². The Labute approximate surface area is 175 Å². The average Bonchev–Trinajstić information content (AvgIpc) is 3.01. The number of alkyl halides is 2. The van der Waals surface area contributed by atoms with Crippen molar-refractivity contribution in [3.05, 3.63) is 40.8 Å². The Morgan fingerprint density at radius 2 is 1.81 bits per heavy atom. The lowest BCUT2D eigenvalue weighted by Crippen LogP contribution is -2.33. The van der Waals surface area contributed by atoms with Crippen LogP contribution >= 0.6 is 34.5 Å². The highest BCUT2D eigenvalue weighted by Gasteiger charge is 2.40. The summed E-state index contributed by atoms with van der Waals surface area (Å²) in [4.78, 5) is 2.06. The molecule has 1 aromatic carbocycles. The number of anilines is 2. The second-order valence-corrected chi connectivity index (χ2v) is 10.4. The van der Waals surface area contributed by atoms with E-state index in [-0.39, 0.29) is 5.75 Å². The normalized spacial score (nSPS) is 12.2. The van der Waals surface area contributed by atoms with Crippen molar-refractivity contribution in [1.82, 2.24) is 0 Å². The summed E-state index contributed by atoms with van der Waals surface area (Å²) >= 11 is 13.0. The van der Waals surface area contributed by atoms with Crippen LogP contribution < -0.4 is 14.8 Å². The monoisotopic (exact) mass is 450 g/mol. The van der Waals surface area contributed by atoms with Gasteiger partial charge >= 0.3 is 10.1 Å². The third kappa shape index (κ3) is 4.83. The van der Waals surface area contributed by atoms with Crippen molar-refractivity contribution in [2.45, 2.75) is 25.5 Å². The van der Waals surface area contributed by atoms with Crippen LogP contribution in [0, 0.1) is 6.92 Å². The molecule has 0 atom stereocenters. The Bertz CT molecular complexity index is 876. The van der Waals surface area contributed by atoms with E-state index in [1.165, 1.54) is 11.3 Å². The first kappa shape index (κ1) is 22.1. The predicted octanol–water partition coefficient (Wildman–Crippen LogP) is 4.57. The highest BCUT2D eigenvalue weighted by Crippen LogP contribution is 2.38. The summed E-state index contributed by atoms with van der Waals surface area (Å²) < 4.78 is 29.9. The van der Waals surface area contributed by atoms with Crippen LogP contribution in [0.15, 0.2) is 29.6 Å². The maximum Gasteiger partial charge on any atom is 0.318 e. The van der Waals surface area contributed by atoms with E-state index < -0.39 is 14.9 Å². The first-order valence-corrected chi connectivity index (χ1v) is 11.7. The van der Waals surface area contributed by atoms with Crippen molar-refractivity contribution >= 4 is 55.3 Å². The predicted molar refractivity (Wildman–Crippen MR) is 116 cm³/mol. The summed E-state index contributed by atoms with van der Waals surface area (Å²) in [6.07, 6.45) is 0. The zero-order chi connectivity index (χ0) is 20.2. The minimum absolute atomic E-state index is 0.259. The summed E-state index contributed by atoms with van der Waals surface area (Å²) in [7, 11) is -3.96. The summed E-state index contributed by atoms with van der Waals surface area (Å²) in [5.41, 5.74) is 8.29. The van der Waals surface area contributed by atoms with Crippen molar-refractivity contribution in [3.63, 3.8) is 0 Å². The molecule has 9 heteroatoms. The van der Waals surface area contributed by atoms with Crippen molar-refractivity contribution in [2.24, 2.45) is 0 Å². The standard InChI is InChI=1S/C18H24Cl2N2O3S2/c1-13-12-14(4-5-16(13)22(9-7-19)10-8-20)25-27(23,24)18(2,3)15-6-11-26-17(15)21/h4-6,11-12H,7-10,21H2,1-3H3. The minimum Gasteiger partial charge on any atom is -0.390 e. The minimum atomic E-state index is -3.96. The van der Waals surface area contributed by atoms with Gasteiger partial charge in [-0.15, -0.1) is 34.5 Å². The second kappa shape index (κ2) is 8.90. The lowest BCUT2D eigenvalue weighted by atomic mass is 10.1. The van der Waals surface area contributed by atoms with Gasteiger partial charge in [0.25, 0.3) is 0 Å². The SMILES string of the molecule is Cc1cc(OS(=O)(=O)C(C)(C)c2ccsc2N)ccc1N(CCCl)CCCl. The van der Waals surface area contributed by atoms with E-state index in [1.54, 1.807) is 37.4 Å². The Balaban J connectivity index is 2.29. The number of hydrogen-bond donors (Lipinski definition) is 1. The van der Waals surface area contributed by atoms with E-state index in [4.69, 9.17) is 33.1 Å². The van der Waals surface area contributed by atoms with Gasteiger partial charge in [-0.2, -0.15) is 8.42 Å². The molecule has 0 fully saturated rings. The molecule has 2 aromatic rings. The summed E-state index contributed by atoms with van der Waals surface area (Å²) in [5.74, 6) is 1.20. The molecule has 0 aliphatic heterocycles. The number of halogens is 2. The molecule has 150 valence electrons. The third-order valence-electron chi connectivity index (χ3n) is 4.39. The number of rotatable bonds is 9. The lowest BCUT2D eigenvalue weighted by Gasteiger charge is -2.26. The van der Waals surface area contributed by atoms with Crippen LogP contribution in [0.5, 0.6) is 5.75 Å². The topological polar surface area (TPSA) is 72.6 Å². The molecule has 1 heterocycles. The van der Waals surface area contributed by atoms with Gasteiger partial charge in [-0.3, -0.25) is 0 Å². The zero-order valence-corrected chi connectivity index (χ0v) is 18.7. The molecule has 0 unspecified atom stereocenters. The third-order valence-corrected chi connectivity index (χ3v) is 7.36. The van der Waals surface area contributed by atoms with Crippen molar-refractivity contribution in [2.75, 3.05) is 35.5 Å². The molecule has 27 heavy (non-hydrogen) atoms. The average molecular weight is 451 g/mol. The van der Waals surface area contributed by atoms with Gasteiger partial charge in [-0.05, 0) is 56.0 Å². The van der Waals surface area contributed by atoms with Gasteiger partial charge in [0.1, 0.15) is 10.5 Å². The van der Waals surface area contributed by atoms with Gasteiger partial charge in [0.15, 0.2) is 0 Å². The highest BCUT2D eigenvalue weighted by molar-refractivity contribution is 7.88. The second-order valence-electron chi connectivity index (χ2n) is 6.56. The molecule has 0 radical (unpaired) electrons. The first-order chi connectivity index (χ1) is 12.6. The van der Waals surface area contributed by atoms with Crippen LogP contribution in [0.25, 0.3) is 0 Å². The molecule has 0 amide bonds. The molecule has 0 aliphatic carbocycles. The number of hydrogen-bond acceptors (Lipinski definition) is 6. The fourth-order valence-corrected chi connectivity index (χ4v) is 5.06. The molecule has 5 nitrogen and oxygen atoms in total. The van der Waals surface area contributed by atoms with E-state index >= 15 is 0 Å². The number of nitrogens with zero attached hydrogens (tertiary/aromatic N) is 1. The van der Waals surface area contributed by atoms with Crippen LogP contribution in [0.4, 0.5) is 10.7 Å². The molecule has 0 bridgehead atoms. The number of nitrogen functional groups attached to an aromatic ring is 1. The van der Waals surface area contributed by atoms with Crippen LogP contribution in [0.1, 0.15) is 25.0 Å². The molecular formula is C18H24Cl2N2O3S2. The van der Waals surface area contributed by atoms with Crippen LogP contribution in [0.3, 0.4) is 0 Å². The van der Waals surface area contributed by atoms with E-state index in [1.807, 2.05) is 13.0 Å². The maximum atomic E-state index is 12.9. The van der Waals surface area contributed by atoms with E-state index in [9.17, 15) is 8.42 Å². The van der Waals surface area contributed by atoms with Gasteiger partial charge < -0.3 is 14.8 Å². The number of nitrogens with two attached hydrogens (primary N) is 1. The molecule has 0 saturated heterocycles. The maximum absolute atomic E-state index is 12.9. The highest BCUT2D eigenvalue weighted by atomic mass is 35.5. The summed E-state index contributed by atoms with van der Waals surface area (Å²) in [6.45, 7) is 6.37. The van der Waals surface area contributed by atoms with Crippen molar-refractivity contribution in [1.29, 1.82) is 0 Å².